The number of para-hydroxylation sites is 1. The second-order valence-corrected chi connectivity index (χ2v) is 9.43. The summed E-state index contributed by atoms with van der Waals surface area (Å²) in [4.78, 5) is 9.59. The van der Waals surface area contributed by atoms with Crippen LogP contribution in [-0.2, 0) is 0 Å². The summed E-state index contributed by atoms with van der Waals surface area (Å²) in [6.45, 7) is 1.89. The van der Waals surface area contributed by atoms with Gasteiger partial charge in [0.15, 0.2) is 11.5 Å². The van der Waals surface area contributed by atoms with Gasteiger partial charge in [0.25, 0.3) is 0 Å². The van der Waals surface area contributed by atoms with Gasteiger partial charge in [-0.2, -0.15) is 10.2 Å². The van der Waals surface area contributed by atoms with Crippen LogP contribution in [0.15, 0.2) is 82.5 Å². The molecule has 0 aliphatic rings. The quantitative estimate of drug-likeness (QED) is 0.220. The molecule has 198 valence electrons. The number of aryl methyl sites for hydroxylation is 1. The molecule has 0 unspecified atom stereocenters. The molecule has 0 fully saturated rings. The zero-order valence-corrected chi connectivity index (χ0v) is 23.3. The first-order valence-corrected chi connectivity index (χ1v) is 13.1. The van der Waals surface area contributed by atoms with E-state index in [0.717, 1.165) is 22.6 Å². The summed E-state index contributed by atoms with van der Waals surface area (Å²) in [6, 6.07) is 17.2. The molecule has 5 rings (SSSR count). The summed E-state index contributed by atoms with van der Waals surface area (Å²) in [5, 5.41) is 11.9. The number of halogens is 1. The zero-order chi connectivity index (χ0) is 27.4. The molecule has 0 radical (unpaired) electrons. The number of benzene rings is 2. The summed E-state index contributed by atoms with van der Waals surface area (Å²) in [7, 11) is 4.74. The first-order valence-electron chi connectivity index (χ1n) is 11.8. The molecule has 0 aliphatic carbocycles. The lowest BCUT2D eigenvalue weighted by Gasteiger charge is -2.14. The van der Waals surface area contributed by atoms with Crippen molar-refractivity contribution in [3.63, 3.8) is 0 Å². The molecule has 0 saturated heterocycles. The third-order valence-corrected chi connectivity index (χ3v) is 7.05. The molecule has 39 heavy (non-hydrogen) atoms. The molecule has 2 aromatic carbocycles. The number of hydrogen-bond donors (Lipinski definition) is 0. The Hall–Kier alpha value is -4.41. The van der Waals surface area contributed by atoms with Gasteiger partial charge in [-0.25, -0.2) is 14.4 Å². The van der Waals surface area contributed by atoms with E-state index in [4.69, 9.17) is 35.9 Å². The molecule has 9 nitrogen and oxygen atoms in total. The van der Waals surface area contributed by atoms with Crippen LogP contribution < -0.4 is 19.0 Å². The molecular formula is C28H25ClN6O3S. The molecule has 0 amide bonds. The van der Waals surface area contributed by atoms with Gasteiger partial charge in [0, 0.05) is 17.1 Å². The molecule has 3 heterocycles. The summed E-state index contributed by atoms with van der Waals surface area (Å²) in [5.41, 5.74) is 4.56. The highest BCUT2D eigenvalue weighted by atomic mass is 35.5. The molecule has 3 aromatic heterocycles. The van der Waals surface area contributed by atoms with Gasteiger partial charge in [0.1, 0.15) is 5.15 Å². The van der Waals surface area contributed by atoms with E-state index in [9.17, 15) is 0 Å². The standard InChI is InChI=1S/C28H25ClN6O3S/c1-18-22(27(29)34(33-18)21-10-6-5-7-11-21)16-31-35-23(17-39-28(35)32-20-9-8-12-30-15-20)19-13-24(36-2)26(38-4)25(14-19)37-3/h5-17H,1-4H3. The number of aromatic nitrogens is 4. The Morgan fingerprint density at radius 3 is 2.36 bits per heavy atom. The summed E-state index contributed by atoms with van der Waals surface area (Å²) in [6.07, 6.45) is 5.09. The molecule has 11 heteroatoms. The second-order valence-electron chi connectivity index (χ2n) is 8.23. The third kappa shape index (κ3) is 5.29. The average Bonchev–Trinajstić information content (AvgIpc) is 3.50. The lowest BCUT2D eigenvalue weighted by molar-refractivity contribution is 0.324. The van der Waals surface area contributed by atoms with E-state index >= 15 is 0 Å². The largest absolute Gasteiger partial charge is 0.493 e. The van der Waals surface area contributed by atoms with E-state index < -0.39 is 0 Å². The van der Waals surface area contributed by atoms with Crippen LogP contribution >= 0.6 is 22.9 Å². The number of rotatable bonds is 8. The van der Waals surface area contributed by atoms with Crippen LogP contribution in [0.2, 0.25) is 5.15 Å². The first kappa shape index (κ1) is 26.2. The van der Waals surface area contributed by atoms with Crippen molar-refractivity contribution >= 4 is 34.8 Å². The Balaban J connectivity index is 1.67. The van der Waals surface area contributed by atoms with Crippen molar-refractivity contribution in [2.24, 2.45) is 10.1 Å². The van der Waals surface area contributed by atoms with Gasteiger partial charge in [0.05, 0.1) is 62.1 Å². The first-order chi connectivity index (χ1) is 19.0. The van der Waals surface area contributed by atoms with Crippen molar-refractivity contribution in [3.8, 4) is 34.2 Å². The maximum Gasteiger partial charge on any atom is 0.211 e. The van der Waals surface area contributed by atoms with Gasteiger partial charge < -0.3 is 14.2 Å². The molecule has 0 spiro atoms. The Bertz CT molecular complexity index is 1670. The van der Waals surface area contributed by atoms with E-state index in [2.05, 4.69) is 10.1 Å². The normalized spacial score (nSPS) is 11.8. The predicted molar refractivity (Wildman–Crippen MR) is 153 cm³/mol. The van der Waals surface area contributed by atoms with E-state index in [1.807, 2.05) is 66.9 Å². The van der Waals surface area contributed by atoms with Gasteiger partial charge in [-0.1, -0.05) is 29.8 Å². The van der Waals surface area contributed by atoms with Crippen LogP contribution in [0.4, 0.5) is 5.69 Å². The topological polar surface area (TPSA) is 88.1 Å². The van der Waals surface area contributed by atoms with Gasteiger partial charge in [-0.3, -0.25) is 4.98 Å². The lowest BCUT2D eigenvalue weighted by Crippen LogP contribution is -2.12. The second kappa shape index (κ2) is 11.5. The fourth-order valence-electron chi connectivity index (χ4n) is 3.96. The maximum atomic E-state index is 6.77. The molecule has 0 bridgehead atoms. The Kier molecular flexibility index (Phi) is 7.76. The molecule has 5 aromatic rings. The predicted octanol–water partition coefficient (Wildman–Crippen LogP) is 5.90. The van der Waals surface area contributed by atoms with Crippen molar-refractivity contribution in [1.29, 1.82) is 0 Å². The smallest absolute Gasteiger partial charge is 0.211 e. The van der Waals surface area contributed by atoms with Crippen molar-refractivity contribution in [2.75, 3.05) is 21.3 Å². The molecule has 0 aliphatic heterocycles. The Labute approximate surface area is 234 Å². The van der Waals surface area contributed by atoms with Crippen molar-refractivity contribution in [3.05, 3.63) is 93.6 Å². The summed E-state index contributed by atoms with van der Waals surface area (Å²) < 4.78 is 20.1. The fraction of sp³-hybridized carbons (Fsp3) is 0.143. The van der Waals surface area contributed by atoms with Crippen LogP contribution in [0.3, 0.4) is 0 Å². The average molecular weight is 561 g/mol. The fourth-order valence-corrected chi connectivity index (χ4v) is 5.14. The summed E-state index contributed by atoms with van der Waals surface area (Å²) in [5.74, 6) is 1.56. The molecule has 0 saturated carbocycles. The number of methoxy groups -OCH3 is 3. The van der Waals surface area contributed by atoms with Crippen molar-refractivity contribution < 1.29 is 14.2 Å². The molecule has 0 atom stereocenters. The van der Waals surface area contributed by atoms with E-state index in [1.54, 1.807) is 49.3 Å². The third-order valence-electron chi connectivity index (χ3n) is 5.87. The molecule has 0 N–H and O–H groups in total. The maximum absolute atomic E-state index is 6.77. The van der Waals surface area contributed by atoms with Gasteiger partial charge in [-0.05, 0) is 43.3 Å². The lowest BCUT2D eigenvalue weighted by atomic mass is 10.1. The van der Waals surface area contributed by atoms with E-state index in [1.165, 1.54) is 11.3 Å². The highest BCUT2D eigenvalue weighted by molar-refractivity contribution is 7.07. The van der Waals surface area contributed by atoms with Crippen LogP contribution in [-0.4, -0.2) is 47.0 Å². The van der Waals surface area contributed by atoms with Crippen LogP contribution in [0.5, 0.6) is 17.2 Å². The number of nitrogens with zero attached hydrogens (tertiary/aromatic N) is 6. The number of hydrogen-bond acceptors (Lipinski definition) is 8. The monoisotopic (exact) mass is 560 g/mol. The van der Waals surface area contributed by atoms with Crippen LogP contribution in [0.25, 0.3) is 16.9 Å². The summed E-state index contributed by atoms with van der Waals surface area (Å²) >= 11 is 8.20. The minimum Gasteiger partial charge on any atom is -0.493 e. The zero-order valence-electron chi connectivity index (χ0n) is 21.7. The minimum atomic E-state index is 0.457. The van der Waals surface area contributed by atoms with Crippen molar-refractivity contribution in [1.82, 2.24) is 19.4 Å². The number of pyridine rings is 1. The number of thiazole rings is 1. The van der Waals surface area contributed by atoms with Gasteiger partial charge >= 0.3 is 0 Å². The van der Waals surface area contributed by atoms with Crippen LogP contribution in [0.1, 0.15) is 11.3 Å². The van der Waals surface area contributed by atoms with E-state index in [-0.39, 0.29) is 0 Å². The minimum absolute atomic E-state index is 0.457. The van der Waals surface area contributed by atoms with Gasteiger partial charge in [-0.15, -0.1) is 11.3 Å². The van der Waals surface area contributed by atoms with Crippen LogP contribution in [0, 0.1) is 6.92 Å². The number of ether oxygens (including phenoxy) is 3. The Morgan fingerprint density at radius 1 is 0.974 bits per heavy atom. The highest BCUT2D eigenvalue weighted by Gasteiger charge is 2.18. The SMILES string of the molecule is COc1cc(-c2csc(=Nc3cccnc3)n2N=Cc2c(C)nn(-c3ccccc3)c2Cl)cc(OC)c1OC. The van der Waals surface area contributed by atoms with E-state index in [0.29, 0.717) is 38.5 Å². The molecular weight excluding hydrogens is 536 g/mol. The highest BCUT2D eigenvalue weighted by Crippen LogP contribution is 2.41. The Morgan fingerprint density at radius 2 is 1.72 bits per heavy atom. The van der Waals surface area contributed by atoms with Gasteiger partial charge in [0.2, 0.25) is 10.6 Å². The van der Waals surface area contributed by atoms with Crippen molar-refractivity contribution in [2.45, 2.75) is 6.92 Å².